The third-order valence-electron chi connectivity index (χ3n) is 3.44. The molecule has 0 atom stereocenters. The van der Waals surface area contributed by atoms with Gasteiger partial charge in [0.2, 0.25) is 0 Å². The van der Waals surface area contributed by atoms with E-state index in [0.29, 0.717) is 22.9 Å². The van der Waals surface area contributed by atoms with Gasteiger partial charge in [-0.25, -0.2) is 4.98 Å². The lowest BCUT2D eigenvalue weighted by molar-refractivity contribution is -0.138. The molecule has 0 unspecified atom stereocenters. The second-order valence-electron chi connectivity index (χ2n) is 5.19. The highest BCUT2D eigenvalue weighted by molar-refractivity contribution is 6.30. The van der Waals surface area contributed by atoms with Gasteiger partial charge in [-0.3, -0.25) is 18.9 Å². The fourth-order valence-electron chi connectivity index (χ4n) is 2.34. The van der Waals surface area contributed by atoms with Gasteiger partial charge in [-0.1, -0.05) is 11.6 Å². The molecule has 21 heavy (non-hydrogen) atoms. The molecule has 0 bridgehead atoms. The quantitative estimate of drug-likeness (QED) is 0.903. The van der Waals surface area contributed by atoms with Crippen molar-refractivity contribution in [2.24, 2.45) is 0 Å². The second kappa shape index (κ2) is 5.46. The van der Waals surface area contributed by atoms with E-state index in [1.165, 1.54) is 16.7 Å². The molecule has 1 saturated carbocycles. The van der Waals surface area contributed by atoms with Gasteiger partial charge in [-0.05, 0) is 25.0 Å². The van der Waals surface area contributed by atoms with Crippen LogP contribution in [0.5, 0.6) is 0 Å². The molecule has 7 heteroatoms. The maximum atomic E-state index is 12.1. The molecule has 3 rings (SSSR count). The standard InChI is InChI=1S/C14H14ClN3O3/c15-9-1-4-12-16-10(5-13(19)18(12)6-9)7-17(8-14(20)21)11-2-3-11/h1,4-6,11H,2-3,7-8H2,(H,20,21). The van der Waals surface area contributed by atoms with E-state index in [0.717, 1.165) is 12.8 Å². The molecule has 0 amide bonds. The summed E-state index contributed by atoms with van der Waals surface area (Å²) in [5, 5.41) is 9.42. The summed E-state index contributed by atoms with van der Waals surface area (Å²) in [6.45, 7) is 0.331. The number of rotatable bonds is 5. The topological polar surface area (TPSA) is 74.9 Å². The van der Waals surface area contributed by atoms with Crippen LogP contribution in [-0.4, -0.2) is 37.9 Å². The summed E-state index contributed by atoms with van der Waals surface area (Å²) in [4.78, 5) is 29.2. The molecule has 0 spiro atoms. The SMILES string of the molecule is O=C(O)CN(Cc1cc(=O)n2cc(Cl)ccc2n1)C1CC1. The van der Waals surface area contributed by atoms with E-state index in [9.17, 15) is 9.59 Å². The zero-order valence-corrected chi connectivity index (χ0v) is 12.0. The van der Waals surface area contributed by atoms with Gasteiger partial charge >= 0.3 is 5.97 Å². The Morgan fingerprint density at radius 2 is 2.24 bits per heavy atom. The molecule has 0 radical (unpaired) electrons. The van der Waals surface area contributed by atoms with Gasteiger partial charge in [0.25, 0.3) is 5.56 Å². The van der Waals surface area contributed by atoms with E-state index in [-0.39, 0.29) is 18.1 Å². The van der Waals surface area contributed by atoms with Gasteiger partial charge in [0.05, 0.1) is 17.3 Å². The summed E-state index contributed by atoms with van der Waals surface area (Å²) < 4.78 is 1.38. The Morgan fingerprint density at radius 3 is 2.90 bits per heavy atom. The number of carboxylic acid groups (broad SMARTS) is 1. The molecule has 110 valence electrons. The molecule has 2 aromatic rings. The van der Waals surface area contributed by atoms with Gasteiger partial charge in [-0.2, -0.15) is 0 Å². The molecule has 6 nitrogen and oxygen atoms in total. The Bertz CT molecular complexity index is 755. The predicted octanol–water partition coefficient (Wildman–Crippen LogP) is 1.40. The third kappa shape index (κ3) is 3.22. The molecule has 1 fully saturated rings. The number of aromatic nitrogens is 2. The highest BCUT2D eigenvalue weighted by Gasteiger charge is 2.30. The number of carboxylic acids is 1. The average Bonchev–Trinajstić information content (AvgIpc) is 3.23. The minimum atomic E-state index is -0.869. The van der Waals surface area contributed by atoms with Crippen LogP contribution in [0.2, 0.25) is 5.02 Å². The normalized spacial score (nSPS) is 14.8. The number of hydrogen-bond donors (Lipinski definition) is 1. The molecule has 2 heterocycles. The van der Waals surface area contributed by atoms with Crippen LogP contribution in [0.1, 0.15) is 18.5 Å². The van der Waals surface area contributed by atoms with Crippen LogP contribution in [-0.2, 0) is 11.3 Å². The first-order valence-corrected chi connectivity index (χ1v) is 7.04. The van der Waals surface area contributed by atoms with Crippen LogP contribution in [0, 0.1) is 0 Å². The lowest BCUT2D eigenvalue weighted by Crippen LogP contribution is -2.32. The summed E-state index contributed by atoms with van der Waals surface area (Å²) in [5.41, 5.74) is 0.868. The minimum absolute atomic E-state index is 0.0354. The number of hydrogen-bond acceptors (Lipinski definition) is 4. The van der Waals surface area contributed by atoms with Crippen molar-refractivity contribution in [3.8, 4) is 0 Å². The van der Waals surface area contributed by atoms with Crippen molar-refractivity contribution < 1.29 is 9.90 Å². The van der Waals surface area contributed by atoms with E-state index in [2.05, 4.69) is 4.98 Å². The molecule has 2 aromatic heterocycles. The molecule has 1 aliphatic carbocycles. The van der Waals surface area contributed by atoms with Gasteiger partial charge in [0.1, 0.15) is 5.65 Å². The Balaban J connectivity index is 1.91. The molecule has 0 aliphatic heterocycles. The third-order valence-corrected chi connectivity index (χ3v) is 3.67. The highest BCUT2D eigenvalue weighted by Crippen LogP contribution is 2.27. The lowest BCUT2D eigenvalue weighted by Gasteiger charge is -2.19. The summed E-state index contributed by atoms with van der Waals surface area (Å²) in [5.74, 6) is -0.869. The summed E-state index contributed by atoms with van der Waals surface area (Å²) in [7, 11) is 0. The van der Waals surface area contributed by atoms with Crippen molar-refractivity contribution in [1.82, 2.24) is 14.3 Å². The first-order chi connectivity index (χ1) is 10.0. The highest BCUT2D eigenvalue weighted by atomic mass is 35.5. The van der Waals surface area contributed by atoms with Crippen molar-refractivity contribution in [2.75, 3.05) is 6.54 Å². The zero-order chi connectivity index (χ0) is 15.0. The summed E-state index contributed by atoms with van der Waals surface area (Å²) >= 11 is 5.86. The predicted molar refractivity (Wildman–Crippen MR) is 77.5 cm³/mol. The molecule has 1 N–H and O–H groups in total. The monoisotopic (exact) mass is 307 g/mol. The number of nitrogens with zero attached hydrogens (tertiary/aromatic N) is 3. The van der Waals surface area contributed by atoms with Gasteiger partial charge in [0, 0.05) is 24.8 Å². The smallest absolute Gasteiger partial charge is 0.317 e. The van der Waals surface area contributed by atoms with Crippen LogP contribution in [0.15, 0.2) is 29.2 Å². The minimum Gasteiger partial charge on any atom is -0.480 e. The Kier molecular flexibility index (Phi) is 3.65. The average molecular weight is 308 g/mol. The fraction of sp³-hybridized carbons (Fsp3) is 0.357. The van der Waals surface area contributed by atoms with E-state index in [1.807, 2.05) is 4.90 Å². The Labute approximate surface area is 125 Å². The number of pyridine rings is 1. The van der Waals surface area contributed by atoms with E-state index < -0.39 is 5.97 Å². The molecule has 0 saturated heterocycles. The molecule has 1 aliphatic rings. The van der Waals surface area contributed by atoms with Crippen molar-refractivity contribution in [2.45, 2.75) is 25.4 Å². The van der Waals surface area contributed by atoms with E-state index in [4.69, 9.17) is 16.7 Å². The van der Waals surface area contributed by atoms with Crippen LogP contribution >= 0.6 is 11.6 Å². The maximum Gasteiger partial charge on any atom is 0.317 e. The Morgan fingerprint density at radius 1 is 1.48 bits per heavy atom. The second-order valence-corrected chi connectivity index (χ2v) is 5.63. The molecular weight excluding hydrogens is 294 g/mol. The van der Waals surface area contributed by atoms with Gasteiger partial charge < -0.3 is 5.11 Å². The van der Waals surface area contributed by atoms with Gasteiger partial charge in [0.15, 0.2) is 0 Å². The summed E-state index contributed by atoms with van der Waals surface area (Å²) in [6, 6.07) is 5.06. The number of fused-ring (bicyclic) bond motifs is 1. The van der Waals surface area contributed by atoms with Gasteiger partial charge in [-0.15, -0.1) is 0 Å². The number of aliphatic carboxylic acids is 1. The van der Waals surface area contributed by atoms with Crippen molar-refractivity contribution >= 4 is 23.2 Å². The maximum absolute atomic E-state index is 12.1. The number of carbonyl (C=O) groups is 1. The first kappa shape index (κ1) is 14.0. The van der Waals surface area contributed by atoms with Crippen LogP contribution in [0.4, 0.5) is 0 Å². The first-order valence-electron chi connectivity index (χ1n) is 6.66. The zero-order valence-electron chi connectivity index (χ0n) is 11.2. The van der Waals surface area contributed by atoms with Crippen LogP contribution < -0.4 is 5.56 Å². The lowest BCUT2D eigenvalue weighted by atomic mass is 10.3. The van der Waals surface area contributed by atoms with Crippen LogP contribution in [0.3, 0.4) is 0 Å². The van der Waals surface area contributed by atoms with E-state index in [1.54, 1.807) is 12.1 Å². The fourth-order valence-corrected chi connectivity index (χ4v) is 2.50. The number of halogens is 1. The van der Waals surface area contributed by atoms with Crippen molar-refractivity contribution in [3.05, 3.63) is 45.5 Å². The molecule has 0 aromatic carbocycles. The van der Waals surface area contributed by atoms with Crippen molar-refractivity contribution in [3.63, 3.8) is 0 Å². The van der Waals surface area contributed by atoms with E-state index >= 15 is 0 Å². The molecular formula is C14H14ClN3O3. The van der Waals surface area contributed by atoms with Crippen LogP contribution in [0.25, 0.3) is 5.65 Å². The van der Waals surface area contributed by atoms with Crippen molar-refractivity contribution in [1.29, 1.82) is 0 Å². The Hall–Kier alpha value is -1.92. The largest absolute Gasteiger partial charge is 0.480 e. The summed E-state index contributed by atoms with van der Waals surface area (Å²) in [6.07, 6.45) is 3.51.